The van der Waals surface area contributed by atoms with E-state index in [0.29, 0.717) is 6.54 Å². The number of carboxylic acid groups (broad SMARTS) is 1. The third kappa shape index (κ3) is 5.49. The van der Waals surface area contributed by atoms with Crippen molar-refractivity contribution in [2.45, 2.75) is 45.4 Å². The van der Waals surface area contributed by atoms with Crippen LogP contribution in [0.5, 0.6) is 0 Å². The van der Waals surface area contributed by atoms with Crippen LogP contribution in [0.2, 0.25) is 0 Å². The van der Waals surface area contributed by atoms with Gasteiger partial charge in [0, 0.05) is 30.1 Å². The average Bonchev–Trinajstić information content (AvgIpc) is 2.85. The Kier molecular flexibility index (Phi) is 5.87. The molecule has 0 saturated carbocycles. The van der Waals surface area contributed by atoms with Gasteiger partial charge in [-0.3, -0.25) is 4.90 Å². The molecule has 6 nitrogen and oxygen atoms in total. The second kappa shape index (κ2) is 7.53. The van der Waals surface area contributed by atoms with Gasteiger partial charge in [0.25, 0.3) is 0 Å². The molecule has 24 heavy (non-hydrogen) atoms. The number of carbonyl (C=O) groups excluding carboxylic acids is 1. The number of alkyl carbamates (subject to hydrolysis) is 1. The number of carbonyl (C=O) groups is 2. The maximum Gasteiger partial charge on any atom is 0.407 e. The third-order valence-electron chi connectivity index (χ3n) is 3.69. The molecule has 0 aromatic heterocycles. The van der Waals surface area contributed by atoms with Gasteiger partial charge in [-0.1, -0.05) is 22.0 Å². The van der Waals surface area contributed by atoms with Gasteiger partial charge in [0.1, 0.15) is 5.60 Å². The van der Waals surface area contributed by atoms with E-state index < -0.39 is 11.6 Å². The van der Waals surface area contributed by atoms with E-state index in [1.165, 1.54) is 0 Å². The molecule has 1 heterocycles. The molecular formula is C17H23BrN2O4. The fourth-order valence-electron chi connectivity index (χ4n) is 2.62. The van der Waals surface area contributed by atoms with Crippen molar-refractivity contribution in [1.82, 2.24) is 10.2 Å². The van der Waals surface area contributed by atoms with Crippen LogP contribution in [0.4, 0.5) is 4.79 Å². The Morgan fingerprint density at radius 2 is 2.12 bits per heavy atom. The number of amides is 1. The molecule has 0 radical (unpaired) electrons. The Morgan fingerprint density at radius 1 is 1.42 bits per heavy atom. The van der Waals surface area contributed by atoms with Crippen LogP contribution in [0.3, 0.4) is 0 Å². The molecule has 0 unspecified atom stereocenters. The number of ether oxygens (including phenoxy) is 1. The number of halogens is 1. The first-order valence-corrected chi connectivity index (χ1v) is 8.67. The van der Waals surface area contributed by atoms with Crippen LogP contribution in [0.1, 0.15) is 43.1 Å². The molecule has 1 aliphatic rings. The molecule has 1 fully saturated rings. The van der Waals surface area contributed by atoms with E-state index in [1.807, 2.05) is 26.8 Å². The molecule has 2 N–H and O–H groups in total. The van der Waals surface area contributed by atoms with E-state index in [0.717, 1.165) is 29.5 Å². The predicted molar refractivity (Wildman–Crippen MR) is 94.2 cm³/mol. The van der Waals surface area contributed by atoms with E-state index in [-0.39, 0.29) is 17.7 Å². The average molecular weight is 399 g/mol. The van der Waals surface area contributed by atoms with Crippen LogP contribution in [0, 0.1) is 0 Å². The van der Waals surface area contributed by atoms with E-state index in [4.69, 9.17) is 9.84 Å². The van der Waals surface area contributed by atoms with Gasteiger partial charge in [-0.05, 0) is 44.9 Å². The van der Waals surface area contributed by atoms with Gasteiger partial charge in [-0.25, -0.2) is 9.59 Å². The maximum absolute atomic E-state index is 11.8. The SMILES string of the molecule is CC(C)(C)OC(=O)N[C@@H]1CCN(Cc2ccc(C(=O)O)cc2Br)C1. The molecule has 0 aliphatic carbocycles. The summed E-state index contributed by atoms with van der Waals surface area (Å²) < 4.78 is 6.06. The summed E-state index contributed by atoms with van der Waals surface area (Å²) in [4.78, 5) is 25.0. The minimum atomic E-state index is -0.940. The number of nitrogens with one attached hydrogen (secondary N) is 1. The number of aromatic carboxylic acids is 1. The Labute approximate surface area is 150 Å². The second-order valence-corrected chi connectivity index (χ2v) is 7.83. The molecule has 1 atom stereocenters. The molecule has 1 aromatic rings. The smallest absolute Gasteiger partial charge is 0.407 e. The van der Waals surface area contributed by atoms with E-state index in [9.17, 15) is 9.59 Å². The third-order valence-corrected chi connectivity index (χ3v) is 4.43. The zero-order chi connectivity index (χ0) is 17.9. The highest BCUT2D eigenvalue weighted by atomic mass is 79.9. The van der Waals surface area contributed by atoms with Crippen LogP contribution in [0.25, 0.3) is 0 Å². The summed E-state index contributed by atoms with van der Waals surface area (Å²) in [5, 5.41) is 11.9. The Hall–Kier alpha value is -1.60. The quantitative estimate of drug-likeness (QED) is 0.813. The summed E-state index contributed by atoms with van der Waals surface area (Å²) in [5.41, 5.74) is 0.786. The minimum Gasteiger partial charge on any atom is -0.478 e. The molecule has 1 saturated heterocycles. The largest absolute Gasteiger partial charge is 0.478 e. The van der Waals surface area contributed by atoms with Gasteiger partial charge >= 0.3 is 12.1 Å². The summed E-state index contributed by atoms with van der Waals surface area (Å²) >= 11 is 3.43. The van der Waals surface area contributed by atoms with E-state index in [1.54, 1.807) is 12.1 Å². The normalized spacial score (nSPS) is 18.4. The maximum atomic E-state index is 11.8. The van der Waals surface area contributed by atoms with Crippen molar-refractivity contribution in [2.24, 2.45) is 0 Å². The van der Waals surface area contributed by atoms with E-state index >= 15 is 0 Å². The Bertz CT molecular complexity index is 628. The standard InChI is InChI=1S/C17H23BrN2O4/c1-17(2,3)24-16(23)19-13-6-7-20(10-13)9-12-5-4-11(15(21)22)8-14(12)18/h4-5,8,13H,6-7,9-10H2,1-3H3,(H,19,23)(H,21,22)/t13-/m1/s1. The summed E-state index contributed by atoms with van der Waals surface area (Å²) in [7, 11) is 0. The number of rotatable bonds is 4. The van der Waals surface area contributed by atoms with Crippen LogP contribution in [-0.2, 0) is 11.3 Å². The molecule has 0 spiro atoms. The van der Waals surface area contributed by atoms with Crippen molar-refractivity contribution >= 4 is 28.0 Å². The van der Waals surface area contributed by atoms with Crippen molar-refractivity contribution in [2.75, 3.05) is 13.1 Å². The zero-order valence-electron chi connectivity index (χ0n) is 14.1. The first kappa shape index (κ1) is 18.7. The molecule has 1 amide bonds. The summed E-state index contributed by atoms with van der Waals surface area (Å²) in [6.45, 7) is 7.83. The van der Waals surface area contributed by atoms with Crippen molar-refractivity contribution in [3.63, 3.8) is 0 Å². The number of nitrogens with zero attached hydrogens (tertiary/aromatic N) is 1. The lowest BCUT2D eigenvalue weighted by molar-refractivity contribution is 0.0505. The van der Waals surface area contributed by atoms with Crippen LogP contribution in [-0.4, -0.2) is 46.8 Å². The Morgan fingerprint density at radius 3 is 2.71 bits per heavy atom. The molecule has 1 aliphatic heterocycles. The summed E-state index contributed by atoms with van der Waals surface area (Å²) in [5.74, 6) is -0.940. The Balaban J connectivity index is 1.88. The molecule has 2 rings (SSSR count). The fraction of sp³-hybridized carbons (Fsp3) is 0.529. The van der Waals surface area contributed by atoms with E-state index in [2.05, 4.69) is 26.1 Å². The number of benzene rings is 1. The van der Waals surface area contributed by atoms with Gasteiger partial charge < -0.3 is 15.2 Å². The molecule has 132 valence electrons. The van der Waals surface area contributed by atoms with Crippen molar-refractivity contribution in [1.29, 1.82) is 0 Å². The highest BCUT2D eigenvalue weighted by Gasteiger charge is 2.26. The van der Waals surface area contributed by atoms with Crippen molar-refractivity contribution < 1.29 is 19.4 Å². The molecule has 0 bridgehead atoms. The van der Waals surface area contributed by atoms with Crippen LogP contribution in [0.15, 0.2) is 22.7 Å². The van der Waals surface area contributed by atoms with Gasteiger partial charge in [0.2, 0.25) is 0 Å². The second-order valence-electron chi connectivity index (χ2n) is 6.98. The molecule has 7 heteroatoms. The predicted octanol–water partition coefficient (Wildman–Crippen LogP) is 3.25. The zero-order valence-corrected chi connectivity index (χ0v) is 15.7. The number of hydrogen-bond donors (Lipinski definition) is 2. The topological polar surface area (TPSA) is 78.9 Å². The van der Waals surface area contributed by atoms with Gasteiger partial charge in [-0.15, -0.1) is 0 Å². The van der Waals surface area contributed by atoms with Gasteiger partial charge in [0.05, 0.1) is 5.56 Å². The number of likely N-dealkylation sites (tertiary alicyclic amines) is 1. The molecular weight excluding hydrogens is 376 g/mol. The van der Waals surface area contributed by atoms with Gasteiger partial charge in [-0.2, -0.15) is 0 Å². The first-order chi connectivity index (χ1) is 11.1. The molecule has 1 aromatic carbocycles. The van der Waals surface area contributed by atoms with Crippen LogP contribution >= 0.6 is 15.9 Å². The van der Waals surface area contributed by atoms with Crippen molar-refractivity contribution in [3.05, 3.63) is 33.8 Å². The lowest BCUT2D eigenvalue weighted by Crippen LogP contribution is -2.40. The summed E-state index contributed by atoms with van der Waals surface area (Å²) in [6.07, 6.45) is 0.478. The highest BCUT2D eigenvalue weighted by molar-refractivity contribution is 9.10. The number of carboxylic acids is 1. The summed E-state index contributed by atoms with van der Waals surface area (Å²) in [6, 6.07) is 5.11. The van der Waals surface area contributed by atoms with Crippen molar-refractivity contribution in [3.8, 4) is 0 Å². The minimum absolute atomic E-state index is 0.0666. The lowest BCUT2D eigenvalue weighted by Gasteiger charge is -2.22. The van der Waals surface area contributed by atoms with Crippen LogP contribution < -0.4 is 5.32 Å². The number of hydrogen-bond acceptors (Lipinski definition) is 4. The first-order valence-electron chi connectivity index (χ1n) is 7.87. The highest BCUT2D eigenvalue weighted by Crippen LogP contribution is 2.22. The fourth-order valence-corrected chi connectivity index (χ4v) is 3.12. The lowest BCUT2D eigenvalue weighted by atomic mass is 10.1. The van der Waals surface area contributed by atoms with Gasteiger partial charge in [0.15, 0.2) is 0 Å². The monoisotopic (exact) mass is 398 g/mol.